The Morgan fingerprint density at radius 1 is 1.13 bits per heavy atom. The van der Waals surface area contributed by atoms with Crippen LogP contribution in [0, 0.1) is 0 Å². The van der Waals surface area contributed by atoms with Crippen LogP contribution in [0.25, 0.3) is 21.6 Å². The van der Waals surface area contributed by atoms with Gasteiger partial charge in [-0.05, 0) is 68.1 Å². The van der Waals surface area contributed by atoms with Crippen LogP contribution in [0.4, 0.5) is 0 Å². The second-order valence-corrected chi connectivity index (χ2v) is 8.45. The number of carbonyl (C=O) groups excluding carboxylic acids is 1. The molecular formula is C23H20N4O3S. The number of nitrogens with zero attached hydrogens (tertiary/aromatic N) is 3. The smallest absolute Gasteiger partial charge is 0.258 e. The number of nitrogens with two attached hydrogens (primary N) is 1. The monoisotopic (exact) mass is 432 g/mol. The fraction of sp³-hybridized carbons (Fsp3) is 0.217. The number of hydrogen-bond acceptors (Lipinski definition) is 7. The molecule has 0 saturated heterocycles. The van der Waals surface area contributed by atoms with E-state index in [9.17, 15) is 4.79 Å². The van der Waals surface area contributed by atoms with E-state index in [0.29, 0.717) is 23.2 Å². The van der Waals surface area contributed by atoms with Crippen molar-refractivity contribution in [1.82, 2.24) is 15.0 Å². The molecule has 1 amide bonds. The van der Waals surface area contributed by atoms with E-state index in [1.165, 1.54) is 10.4 Å². The topological polar surface area (TPSA) is 100 Å². The van der Waals surface area contributed by atoms with Crippen molar-refractivity contribution in [3.63, 3.8) is 0 Å². The minimum atomic E-state index is -0.705. The first-order valence-electron chi connectivity index (χ1n) is 10.0. The lowest BCUT2D eigenvalue weighted by atomic mass is 10.2. The number of amides is 1. The predicted octanol–water partition coefficient (Wildman–Crippen LogP) is 4.29. The molecule has 3 aromatic heterocycles. The summed E-state index contributed by atoms with van der Waals surface area (Å²) in [7, 11) is 0. The second-order valence-electron chi connectivity index (χ2n) is 7.37. The first-order valence-corrected chi connectivity index (χ1v) is 10.9. The van der Waals surface area contributed by atoms with E-state index in [2.05, 4.69) is 4.98 Å². The molecule has 156 valence electrons. The lowest BCUT2D eigenvalue weighted by Gasteiger charge is -2.12. The number of aromatic nitrogens is 3. The molecular weight excluding hydrogens is 412 g/mol. The van der Waals surface area contributed by atoms with Gasteiger partial charge in [0.15, 0.2) is 11.9 Å². The lowest BCUT2D eigenvalue weighted by molar-refractivity contribution is -0.123. The normalized spacial score (nSPS) is 13.7. The highest BCUT2D eigenvalue weighted by Gasteiger charge is 2.24. The number of carbonyl (C=O) groups is 1. The SMILES string of the molecule is CC(Oc1ccc(Oc2nc(-c3cccnc3)nc3sc4c(c23)CCC4)cc1)C(N)=O. The number of primary amides is 1. The van der Waals surface area contributed by atoms with Gasteiger partial charge in [0.05, 0.1) is 5.39 Å². The molecule has 8 heteroatoms. The van der Waals surface area contributed by atoms with Gasteiger partial charge in [0.2, 0.25) is 5.88 Å². The highest BCUT2D eigenvalue weighted by molar-refractivity contribution is 7.19. The molecule has 1 atom stereocenters. The van der Waals surface area contributed by atoms with Crippen molar-refractivity contribution in [3.05, 3.63) is 59.2 Å². The molecule has 1 aliphatic carbocycles. The summed E-state index contributed by atoms with van der Waals surface area (Å²) >= 11 is 1.72. The van der Waals surface area contributed by atoms with Gasteiger partial charge in [-0.15, -0.1) is 11.3 Å². The first-order chi connectivity index (χ1) is 15.1. The number of ether oxygens (including phenoxy) is 2. The van der Waals surface area contributed by atoms with Gasteiger partial charge in [-0.25, -0.2) is 4.98 Å². The molecule has 3 heterocycles. The van der Waals surface area contributed by atoms with Gasteiger partial charge in [-0.2, -0.15) is 4.98 Å². The van der Waals surface area contributed by atoms with Crippen LogP contribution < -0.4 is 15.2 Å². The molecule has 2 N–H and O–H groups in total. The third-order valence-electron chi connectivity index (χ3n) is 5.20. The lowest BCUT2D eigenvalue weighted by Crippen LogP contribution is -2.30. The van der Waals surface area contributed by atoms with E-state index in [1.54, 1.807) is 54.9 Å². The standard InChI is InChI=1S/C23H20N4O3S/c1-13(20(24)28)29-15-7-9-16(10-8-15)30-22-19-17-5-2-6-18(17)31-23(19)27-21(26-22)14-4-3-11-25-12-14/h3-4,7-13H,2,5-6H2,1H3,(H2,24,28). The first kappa shape index (κ1) is 19.4. The summed E-state index contributed by atoms with van der Waals surface area (Å²) in [4.78, 5) is 27.2. The maximum Gasteiger partial charge on any atom is 0.258 e. The Morgan fingerprint density at radius 3 is 2.68 bits per heavy atom. The number of thiophene rings is 1. The number of pyridine rings is 1. The average molecular weight is 433 g/mol. The predicted molar refractivity (Wildman–Crippen MR) is 118 cm³/mol. The highest BCUT2D eigenvalue weighted by atomic mass is 32.1. The van der Waals surface area contributed by atoms with E-state index in [-0.39, 0.29) is 0 Å². The average Bonchev–Trinajstić information content (AvgIpc) is 3.36. The number of aryl methyl sites for hydroxylation is 2. The van der Waals surface area contributed by atoms with Crippen molar-refractivity contribution in [2.45, 2.75) is 32.3 Å². The minimum Gasteiger partial charge on any atom is -0.481 e. The zero-order valence-electron chi connectivity index (χ0n) is 16.9. The fourth-order valence-electron chi connectivity index (χ4n) is 3.62. The summed E-state index contributed by atoms with van der Waals surface area (Å²) < 4.78 is 11.7. The molecule has 4 aromatic rings. The summed E-state index contributed by atoms with van der Waals surface area (Å²) in [5, 5.41) is 0.993. The van der Waals surface area contributed by atoms with Crippen molar-refractivity contribution < 1.29 is 14.3 Å². The van der Waals surface area contributed by atoms with Gasteiger partial charge in [0.1, 0.15) is 16.3 Å². The maximum absolute atomic E-state index is 11.2. The summed E-state index contributed by atoms with van der Waals surface area (Å²) in [6, 6.07) is 10.9. The molecule has 0 radical (unpaired) electrons. The molecule has 7 nitrogen and oxygen atoms in total. The van der Waals surface area contributed by atoms with E-state index < -0.39 is 12.0 Å². The molecule has 0 fully saturated rings. The zero-order valence-corrected chi connectivity index (χ0v) is 17.7. The number of fused-ring (bicyclic) bond motifs is 3. The quantitative estimate of drug-likeness (QED) is 0.488. The molecule has 0 bridgehead atoms. The van der Waals surface area contributed by atoms with Gasteiger partial charge in [0.25, 0.3) is 5.91 Å². The van der Waals surface area contributed by atoms with Gasteiger partial charge in [-0.3, -0.25) is 9.78 Å². The second kappa shape index (κ2) is 7.96. The van der Waals surface area contributed by atoms with Gasteiger partial charge < -0.3 is 15.2 Å². The molecule has 0 aliphatic heterocycles. The molecule has 1 aromatic carbocycles. The van der Waals surface area contributed by atoms with Crippen LogP contribution in [-0.4, -0.2) is 27.0 Å². The van der Waals surface area contributed by atoms with Gasteiger partial charge in [-0.1, -0.05) is 0 Å². The number of rotatable bonds is 6. The van der Waals surface area contributed by atoms with E-state index in [4.69, 9.17) is 25.2 Å². The van der Waals surface area contributed by atoms with Crippen LogP contribution in [0.15, 0.2) is 48.8 Å². The molecule has 5 rings (SSSR count). The summed E-state index contributed by atoms with van der Waals surface area (Å²) in [6.07, 6.45) is 6.00. The van der Waals surface area contributed by atoms with E-state index >= 15 is 0 Å². The van der Waals surface area contributed by atoms with E-state index in [0.717, 1.165) is 35.0 Å². The molecule has 0 spiro atoms. The number of hydrogen-bond donors (Lipinski definition) is 1. The Labute approximate surface area is 182 Å². The number of benzene rings is 1. The van der Waals surface area contributed by atoms with Crippen LogP contribution in [-0.2, 0) is 17.6 Å². The van der Waals surface area contributed by atoms with Crippen molar-refractivity contribution in [2.75, 3.05) is 0 Å². The molecule has 31 heavy (non-hydrogen) atoms. The van der Waals surface area contributed by atoms with Crippen molar-refractivity contribution in [2.24, 2.45) is 5.73 Å². The van der Waals surface area contributed by atoms with Crippen LogP contribution in [0.3, 0.4) is 0 Å². The van der Waals surface area contributed by atoms with Crippen LogP contribution >= 0.6 is 11.3 Å². The van der Waals surface area contributed by atoms with Crippen LogP contribution in [0.2, 0.25) is 0 Å². The Hall–Kier alpha value is -3.52. The van der Waals surface area contributed by atoms with Crippen LogP contribution in [0.1, 0.15) is 23.8 Å². The summed E-state index contributed by atoms with van der Waals surface area (Å²) in [5.74, 6) is 1.78. The Morgan fingerprint density at radius 2 is 1.94 bits per heavy atom. The Bertz CT molecular complexity index is 1260. The summed E-state index contributed by atoms with van der Waals surface area (Å²) in [6.45, 7) is 1.61. The fourth-order valence-corrected chi connectivity index (χ4v) is 4.87. The Kier molecular flexibility index (Phi) is 4.99. The minimum absolute atomic E-state index is 0.516. The van der Waals surface area contributed by atoms with Crippen LogP contribution in [0.5, 0.6) is 17.4 Å². The highest BCUT2D eigenvalue weighted by Crippen LogP contribution is 2.42. The largest absolute Gasteiger partial charge is 0.481 e. The third-order valence-corrected chi connectivity index (χ3v) is 6.39. The molecule has 0 saturated carbocycles. The molecule has 1 aliphatic rings. The third kappa shape index (κ3) is 3.82. The van der Waals surface area contributed by atoms with Crippen molar-refractivity contribution in [3.8, 4) is 28.8 Å². The van der Waals surface area contributed by atoms with Gasteiger partial charge >= 0.3 is 0 Å². The molecule has 1 unspecified atom stereocenters. The van der Waals surface area contributed by atoms with Crippen molar-refractivity contribution in [1.29, 1.82) is 0 Å². The maximum atomic E-state index is 11.2. The van der Waals surface area contributed by atoms with Gasteiger partial charge in [0, 0.05) is 22.8 Å². The Balaban J connectivity index is 1.52. The zero-order chi connectivity index (χ0) is 21.4. The summed E-state index contributed by atoms with van der Waals surface area (Å²) in [5.41, 5.74) is 7.39. The van der Waals surface area contributed by atoms with Crippen molar-refractivity contribution >= 4 is 27.5 Å². The van der Waals surface area contributed by atoms with E-state index in [1.807, 2.05) is 12.1 Å².